The van der Waals surface area contributed by atoms with E-state index in [0.29, 0.717) is 18.7 Å². The van der Waals surface area contributed by atoms with Crippen LogP contribution in [0, 0.1) is 0 Å². The van der Waals surface area contributed by atoms with Gasteiger partial charge in [-0.05, 0) is 36.1 Å². The van der Waals surface area contributed by atoms with Crippen LogP contribution < -0.4 is 5.73 Å². The molecule has 1 heterocycles. The van der Waals surface area contributed by atoms with Crippen LogP contribution >= 0.6 is 0 Å². The molecule has 0 radical (unpaired) electrons. The van der Waals surface area contributed by atoms with E-state index in [-0.39, 0.29) is 6.10 Å². The van der Waals surface area contributed by atoms with Crippen molar-refractivity contribution in [1.82, 2.24) is 4.98 Å². The van der Waals surface area contributed by atoms with Crippen LogP contribution in [-0.4, -0.2) is 16.2 Å². The minimum absolute atomic E-state index is 0.390. The smallest absolute Gasteiger partial charge is 0.123 e. The summed E-state index contributed by atoms with van der Waals surface area (Å²) >= 11 is 0. The van der Waals surface area contributed by atoms with Gasteiger partial charge in [0.2, 0.25) is 0 Å². The number of aromatic nitrogens is 1. The van der Waals surface area contributed by atoms with E-state index in [2.05, 4.69) is 4.98 Å². The summed E-state index contributed by atoms with van der Waals surface area (Å²) in [6.07, 6.45) is 2.53. The highest BCUT2D eigenvalue weighted by molar-refractivity contribution is 5.32. The van der Waals surface area contributed by atoms with Crippen molar-refractivity contribution in [2.45, 2.75) is 18.9 Å². The topological polar surface area (TPSA) is 59.1 Å². The molecule has 0 aliphatic heterocycles. The Morgan fingerprint density at radius 2 is 1.76 bits per heavy atom. The molecule has 17 heavy (non-hydrogen) atoms. The largest absolute Gasteiger partial charge is 0.392 e. The van der Waals surface area contributed by atoms with Crippen molar-refractivity contribution in [1.29, 1.82) is 0 Å². The van der Waals surface area contributed by atoms with Gasteiger partial charge in [-0.3, -0.25) is 0 Å². The summed E-state index contributed by atoms with van der Waals surface area (Å²) in [6, 6.07) is 13.6. The van der Waals surface area contributed by atoms with Crippen LogP contribution in [0.4, 0.5) is 5.82 Å². The molecule has 0 fully saturated rings. The summed E-state index contributed by atoms with van der Waals surface area (Å²) in [5.41, 5.74) is 7.75. The van der Waals surface area contributed by atoms with Crippen molar-refractivity contribution in [2.24, 2.45) is 0 Å². The molecule has 2 aromatic rings. The first kappa shape index (κ1) is 11.6. The van der Waals surface area contributed by atoms with Gasteiger partial charge in [0.25, 0.3) is 0 Å². The van der Waals surface area contributed by atoms with Gasteiger partial charge in [0, 0.05) is 6.20 Å². The quantitative estimate of drug-likeness (QED) is 0.839. The molecule has 88 valence electrons. The van der Waals surface area contributed by atoms with E-state index < -0.39 is 0 Å². The first-order valence-corrected chi connectivity index (χ1v) is 5.66. The second kappa shape index (κ2) is 5.46. The van der Waals surface area contributed by atoms with Crippen LogP contribution in [0.3, 0.4) is 0 Å². The fourth-order valence-electron chi connectivity index (χ4n) is 1.85. The molecule has 3 N–H and O–H groups in total. The zero-order valence-electron chi connectivity index (χ0n) is 9.58. The maximum Gasteiger partial charge on any atom is 0.123 e. The van der Waals surface area contributed by atoms with E-state index >= 15 is 0 Å². The van der Waals surface area contributed by atoms with Crippen LogP contribution in [0.5, 0.6) is 0 Å². The molecule has 0 saturated carbocycles. The van der Waals surface area contributed by atoms with Crippen molar-refractivity contribution in [3.05, 3.63) is 59.8 Å². The van der Waals surface area contributed by atoms with Crippen molar-refractivity contribution in [2.75, 3.05) is 5.73 Å². The van der Waals surface area contributed by atoms with Crippen molar-refractivity contribution >= 4 is 5.82 Å². The third-order valence-corrected chi connectivity index (χ3v) is 2.63. The molecule has 3 nitrogen and oxygen atoms in total. The van der Waals surface area contributed by atoms with Gasteiger partial charge in [0.05, 0.1) is 6.10 Å². The van der Waals surface area contributed by atoms with Crippen molar-refractivity contribution in [3.8, 4) is 0 Å². The monoisotopic (exact) mass is 228 g/mol. The number of benzene rings is 1. The maximum absolute atomic E-state index is 9.99. The van der Waals surface area contributed by atoms with E-state index in [4.69, 9.17) is 5.73 Å². The Morgan fingerprint density at radius 1 is 1.06 bits per heavy atom. The second-order valence-corrected chi connectivity index (χ2v) is 4.14. The van der Waals surface area contributed by atoms with Gasteiger partial charge in [-0.25, -0.2) is 4.98 Å². The van der Waals surface area contributed by atoms with Crippen LogP contribution in [-0.2, 0) is 12.8 Å². The average Bonchev–Trinajstić information content (AvgIpc) is 2.30. The number of pyridine rings is 1. The summed E-state index contributed by atoms with van der Waals surface area (Å²) < 4.78 is 0. The van der Waals surface area contributed by atoms with Crippen molar-refractivity contribution < 1.29 is 5.11 Å². The molecule has 0 amide bonds. The normalized spacial score (nSPS) is 12.3. The molecule has 0 aliphatic carbocycles. The Bertz CT molecular complexity index is 471. The maximum atomic E-state index is 9.99. The molecule has 1 aromatic heterocycles. The molecule has 1 aromatic carbocycles. The highest BCUT2D eigenvalue weighted by Gasteiger charge is 2.07. The van der Waals surface area contributed by atoms with E-state index in [9.17, 15) is 5.11 Å². The summed E-state index contributed by atoms with van der Waals surface area (Å²) in [5, 5.41) is 9.99. The first-order chi connectivity index (χ1) is 8.24. The number of nitrogen functional groups attached to an aromatic ring is 1. The molecule has 0 saturated heterocycles. The van der Waals surface area contributed by atoms with Crippen LogP contribution in [0.2, 0.25) is 0 Å². The standard InChI is InChI=1S/C14H16N2O/c15-14-10-12(6-7-16-14)9-13(17)8-11-4-2-1-3-5-11/h1-7,10,13,17H,8-9H2,(H2,15,16). The lowest BCUT2D eigenvalue weighted by Gasteiger charge is -2.10. The van der Waals surface area contributed by atoms with Gasteiger partial charge in [-0.2, -0.15) is 0 Å². The average molecular weight is 228 g/mol. The number of nitrogens with two attached hydrogens (primary N) is 1. The number of anilines is 1. The highest BCUT2D eigenvalue weighted by Crippen LogP contribution is 2.10. The van der Waals surface area contributed by atoms with Gasteiger partial charge in [-0.1, -0.05) is 30.3 Å². The molecular weight excluding hydrogens is 212 g/mol. The first-order valence-electron chi connectivity index (χ1n) is 5.66. The fourth-order valence-corrected chi connectivity index (χ4v) is 1.85. The predicted octanol–water partition coefficient (Wildman–Crippen LogP) is 1.81. The van der Waals surface area contributed by atoms with Gasteiger partial charge in [0.1, 0.15) is 5.82 Å². The Morgan fingerprint density at radius 3 is 2.47 bits per heavy atom. The van der Waals surface area contributed by atoms with E-state index in [1.807, 2.05) is 36.4 Å². The lowest BCUT2D eigenvalue weighted by atomic mass is 10.0. The number of aliphatic hydroxyl groups is 1. The summed E-state index contributed by atoms with van der Waals surface area (Å²) in [5.74, 6) is 0.495. The molecular formula is C14H16N2O. The number of nitrogens with zero attached hydrogens (tertiary/aromatic N) is 1. The molecule has 0 spiro atoms. The second-order valence-electron chi connectivity index (χ2n) is 4.14. The molecule has 1 atom stereocenters. The number of aliphatic hydroxyl groups excluding tert-OH is 1. The minimum Gasteiger partial charge on any atom is -0.392 e. The Kier molecular flexibility index (Phi) is 3.73. The van der Waals surface area contributed by atoms with Gasteiger partial charge < -0.3 is 10.8 Å². The zero-order valence-corrected chi connectivity index (χ0v) is 9.58. The van der Waals surface area contributed by atoms with E-state index in [1.165, 1.54) is 0 Å². The zero-order chi connectivity index (χ0) is 12.1. The van der Waals surface area contributed by atoms with Crippen LogP contribution in [0.25, 0.3) is 0 Å². The van der Waals surface area contributed by atoms with Crippen molar-refractivity contribution in [3.63, 3.8) is 0 Å². The van der Waals surface area contributed by atoms with Gasteiger partial charge in [0.15, 0.2) is 0 Å². The van der Waals surface area contributed by atoms with E-state index in [1.54, 1.807) is 12.3 Å². The SMILES string of the molecule is Nc1cc(CC(O)Cc2ccccc2)ccn1. The summed E-state index contributed by atoms with van der Waals surface area (Å²) in [4.78, 5) is 3.93. The number of hydrogen-bond acceptors (Lipinski definition) is 3. The third-order valence-electron chi connectivity index (χ3n) is 2.63. The summed E-state index contributed by atoms with van der Waals surface area (Å²) in [7, 11) is 0. The highest BCUT2D eigenvalue weighted by atomic mass is 16.3. The minimum atomic E-state index is -0.390. The lowest BCUT2D eigenvalue weighted by Crippen LogP contribution is -2.14. The predicted molar refractivity (Wildman–Crippen MR) is 68.5 cm³/mol. The van der Waals surface area contributed by atoms with E-state index in [0.717, 1.165) is 11.1 Å². The third kappa shape index (κ3) is 3.57. The number of rotatable bonds is 4. The lowest BCUT2D eigenvalue weighted by molar-refractivity contribution is 0.175. The molecule has 2 rings (SSSR count). The fraction of sp³-hybridized carbons (Fsp3) is 0.214. The molecule has 0 bridgehead atoms. The Balaban J connectivity index is 1.96. The molecule has 3 heteroatoms. The Labute approximate surface area is 101 Å². The molecule has 0 aliphatic rings. The van der Waals surface area contributed by atoms with Crippen LogP contribution in [0.1, 0.15) is 11.1 Å². The molecule has 1 unspecified atom stereocenters. The van der Waals surface area contributed by atoms with Gasteiger partial charge in [-0.15, -0.1) is 0 Å². The number of hydrogen-bond donors (Lipinski definition) is 2. The van der Waals surface area contributed by atoms with Crippen LogP contribution in [0.15, 0.2) is 48.7 Å². The Hall–Kier alpha value is -1.87. The summed E-state index contributed by atoms with van der Waals surface area (Å²) in [6.45, 7) is 0. The van der Waals surface area contributed by atoms with Gasteiger partial charge >= 0.3 is 0 Å².